The van der Waals surface area contributed by atoms with Crippen molar-refractivity contribution in [1.82, 2.24) is 15.0 Å². The lowest BCUT2D eigenvalue weighted by molar-refractivity contribution is -0.274. The van der Waals surface area contributed by atoms with Crippen LogP contribution < -0.4 is 4.74 Å². The molecule has 5 nitrogen and oxygen atoms in total. The largest absolute Gasteiger partial charge is 0.573 e. The summed E-state index contributed by atoms with van der Waals surface area (Å²) in [5, 5.41) is 4.01. The summed E-state index contributed by atoms with van der Waals surface area (Å²) < 4.78 is 45.7. The molecule has 0 fully saturated rings. The predicted octanol–water partition coefficient (Wildman–Crippen LogP) is 4.46. The standard InChI is InChI=1S/C17H22F3N3O2/c1-11(14-21-15(22-25-14)16(2,3)4)23(5)10-12-6-8-13(9-7-12)24-17(18,19)20/h6-9,11H,10H2,1-5H3. The van der Waals surface area contributed by atoms with Gasteiger partial charge in [-0.2, -0.15) is 4.98 Å². The van der Waals surface area contributed by atoms with Crippen LogP contribution in [0.3, 0.4) is 0 Å². The first-order valence-electron chi connectivity index (χ1n) is 7.85. The number of halogens is 3. The number of nitrogens with zero attached hydrogens (tertiary/aromatic N) is 3. The van der Waals surface area contributed by atoms with E-state index in [1.165, 1.54) is 12.1 Å². The highest BCUT2D eigenvalue weighted by molar-refractivity contribution is 5.27. The zero-order chi connectivity index (χ0) is 18.8. The third-order valence-corrected chi connectivity index (χ3v) is 3.72. The Balaban J connectivity index is 2.01. The average Bonchev–Trinajstić information content (AvgIpc) is 2.97. The van der Waals surface area contributed by atoms with Crippen LogP contribution in [0.2, 0.25) is 0 Å². The van der Waals surface area contributed by atoms with E-state index in [0.29, 0.717) is 18.3 Å². The van der Waals surface area contributed by atoms with E-state index < -0.39 is 6.36 Å². The summed E-state index contributed by atoms with van der Waals surface area (Å²) in [5.74, 6) is 0.902. The highest BCUT2D eigenvalue weighted by Gasteiger charge is 2.31. The summed E-state index contributed by atoms with van der Waals surface area (Å²) in [4.78, 5) is 6.41. The van der Waals surface area contributed by atoms with Gasteiger partial charge in [0.15, 0.2) is 5.82 Å². The maximum Gasteiger partial charge on any atom is 0.573 e. The molecule has 0 amide bonds. The summed E-state index contributed by atoms with van der Waals surface area (Å²) in [6.45, 7) is 8.45. The van der Waals surface area contributed by atoms with Gasteiger partial charge in [-0.3, -0.25) is 4.90 Å². The average molecular weight is 357 g/mol. The summed E-state index contributed by atoms with van der Waals surface area (Å²) in [5.41, 5.74) is 0.647. The smallest absolute Gasteiger partial charge is 0.406 e. The maximum atomic E-state index is 12.2. The Hall–Kier alpha value is -2.09. The van der Waals surface area contributed by atoms with E-state index in [4.69, 9.17) is 4.52 Å². The molecule has 25 heavy (non-hydrogen) atoms. The van der Waals surface area contributed by atoms with Crippen LogP contribution in [0.4, 0.5) is 13.2 Å². The van der Waals surface area contributed by atoms with E-state index >= 15 is 0 Å². The Morgan fingerprint density at radius 1 is 1.16 bits per heavy atom. The fraction of sp³-hybridized carbons (Fsp3) is 0.529. The third-order valence-electron chi connectivity index (χ3n) is 3.72. The van der Waals surface area contributed by atoms with E-state index in [0.717, 1.165) is 5.56 Å². The van der Waals surface area contributed by atoms with Crippen LogP contribution in [0, 0.1) is 0 Å². The van der Waals surface area contributed by atoms with Crippen LogP contribution in [0.5, 0.6) is 5.75 Å². The lowest BCUT2D eigenvalue weighted by Crippen LogP contribution is -2.22. The van der Waals surface area contributed by atoms with Crippen LogP contribution in [0.15, 0.2) is 28.8 Å². The Morgan fingerprint density at radius 3 is 2.24 bits per heavy atom. The summed E-state index contributed by atoms with van der Waals surface area (Å²) >= 11 is 0. The predicted molar refractivity (Wildman–Crippen MR) is 86.0 cm³/mol. The lowest BCUT2D eigenvalue weighted by atomic mass is 9.96. The van der Waals surface area contributed by atoms with Gasteiger partial charge in [0.25, 0.3) is 0 Å². The molecule has 0 saturated carbocycles. The summed E-state index contributed by atoms with van der Waals surface area (Å²) in [7, 11) is 1.88. The van der Waals surface area contributed by atoms with E-state index in [2.05, 4.69) is 14.9 Å². The minimum Gasteiger partial charge on any atom is -0.406 e. The van der Waals surface area contributed by atoms with Crippen molar-refractivity contribution in [3.05, 3.63) is 41.5 Å². The molecule has 1 unspecified atom stereocenters. The molecule has 0 radical (unpaired) electrons. The van der Waals surface area contributed by atoms with Crippen LogP contribution in [0.25, 0.3) is 0 Å². The quantitative estimate of drug-likeness (QED) is 0.791. The monoisotopic (exact) mass is 357 g/mol. The van der Waals surface area contributed by atoms with Crippen molar-refractivity contribution in [3.63, 3.8) is 0 Å². The van der Waals surface area contributed by atoms with Gasteiger partial charge in [0.1, 0.15) is 5.75 Å². The second-order valence-electron chi connectivity index (χ2n) is 6.99. The molecular weight excluding hydrogens is 335 g/mol. The van der Waals surface area contributed by atoms with Crippen LogP contribution >= 0.6 is 0 Å². The summed E-state index contributed by atoms with van der Waals surface area (Å²) in [6, 6.07) is 5.66. The normalized spacial score (nSPS) is 14.0. The SMILES string of the molecule is CC(c1nc(C(C)(C)C)no1)N(C)Cc1ccc(OC(F)(F)F)cc1. The zero-order valence-electron chi connectivity index (χ0n) is 14.9. The molecule has 0 aliphatic heterocycles. The number of hydrogen-bond acceptors (Lipinski definition) is 5. The molecule has 0 saturated heterocycles. The lowest BCUT2D eigenvalue weighted by Gasteiger charge is -2.22. The van der Waals surface area contributed by atoms with Gasteiger partial charge < -0.3 is 9.26 Å². The first-order valence-corrected chi connectivity index (χ1v) is 7.85. The van der Waals surface area contributed by atoms with Gasteiger partial charge in [-0.25, -0.2) is 0 Å². The zero-order valence-corrected chi connectivity index (χ0v) is 14.9. The van der Waals surface area contributed by atoms with E-state index in [9.17, 15) is 13.2 Å². The second kappa shape index (κ2) is 7.03. The van der Waals surface area contributed by atoms with Crippen LogP contribution in [0.1, 0.15) is 51.0 Å². The Bertz CT molecular complexity index is 690. The van der Waals surface area contributed by atoms with E-state index in [-0.39, 0.29) is 17.2 Å². The number of hydrogen-bond donors (Lipinski definition) is 0. The van der Waals surface area contributed by atoms with Gasteiger partial charge >= 0.3 is 6.36 Å². The molecular formula is C17H22F3N3O2. The van der Waals surface area contributed by atoms with Crippen molar-refractivity contribution in [3.8, 4) is 5.75 Å². The fourth-order valence-corrected chi connectivity index (χ4v) is 2.12. The molecule has 1 heterocycles. The molecule has 1 atom stereocenters. The minimum atomic E-state index is -4.68. The molecule has 0 aliphatic rings. The molecule has 0 N–H and O–H groups in total. The van der Waals surface area contributed by atoms with Gasteiger partial charge in [0.05, 0.1) is 6.04 Å². The first kappa shape index (κ1) is 19.2. The van der Waals surface area contributed by atoms with Gasteiger partial charge in [-0.05, 0) is 31.7 Å². The molecule has 0 bridgehead atoms. The fourth-order valence-electron chi connectivity index (χ4n) is 2.12. The Kier molecular flexibility index (Phi) is 5.41. The van der Waals surface area contributed by atoms with Crippen molar-refractivity contribution in [2.45, 2.75) is 52.1 Å². The highest BCUT2D eigenvalue weighted by atomic mass is 19.4. The number of aromatic nitrogens is 2. The number of benzene rings is 1. The number of alkyl halides is 3. The van der Waals surface area contributed by atoms with Crippen LogP contribution in [-0.4, -0.2) is 28.5 Å². The second-order valence-corrected chi connectivity index (χ2v) is 6.99. The Labute approximate surface area is 144 Å². The van der Waals surface area contributed by atoms with Crippen molar-refractivity contribution in [2.24, 2.45) is 0 Å². The summed E-state index contributed by atoms with van der Waals surface area (Å²) in [6.07, 6.45) is -4.68. The Morgan fingerprint density at radius 2 is 1.76 bits per heavy atom. The van der Waals surface area contributed by atoms with Crippen molar-refractivity contribution in [1.29, 1.82) is 0 Å². The number of rotatable bonds is 5. The van der Waals surface area contributed by atoms with Crippen molar-refractivity contribution < 1.29 is 22.4 Å². The molecule has 0 spiro atoms. The van der Waals surface area contributed by atoms with Crippen molar-refractivity contribution >= 4 is 0 Å². The topological polar surface area (TPSA) is 51.4 Å². The van der Waals surface area contributed by atoms with Crippen LogP contribution in [-0.2, 0) is 12.0 Å². The van der Waals surface area contributed by atoms with Gasteiger partial charge in [-0.1, -0.05) is 38.1 Å². The maximum absolute atomic E-state index is 12.2. The molecule has 8 heteroatoms. The molecule has 2 rings (SSSR count). The third kappa shape index (κ3) is 5.45. The van der Waals surface area contributed by atoms with Gasteiger partial charge in [0.2, 0.25) is 5.89 Å². The van der Waals surface area contributed by atoms with E-state index in [1.54, 1.807) is 12.1 Å². The molecule has 1 aromatic heterocycles. The van der Waals surface area contributed by atoms with Crippen molar-refractivity contribution in [2.75, 3.05) is 7.05 Å². The van der Waals surface area contributed by atoms with Gasteiger partial charge in [-0.15, -0.1) is 13.2 Å². The molecule has 0 aliphatic carbocycles. The highest BCUT2D eigenvalue weighted by Crippen LogP contribution is 2.26. The number of ether oxygens (including phenoxy) is 1. The first-order chi connectivity index (χ1) is 11.5. The minimum absolute atomic E-state index is 0.130. The molecule has 1 aromatic carbocycles. The molecule has 138 valence electrons. The van der Waals surface area contributed by atoms with Gasteiger partial charge in [0, 0.05) is 12.0 Å². The molecule has 2 aromatic rings. The van der Waals surface area contributed by atoms with E-state index in [1.807, 2.05) is 39.6 Å².